The van der Waals surface area contributed by atoms with Crippen LogP contribution in [0.15, 0.2) is 27.3 Å². The van der Waals surface area contributed by atoms with Crippen molar-refractivity contribution in [3.63, 3.8) is 0 Å². The summed E-state index contributed by atoms with van der Waals surface area (Å²) in [6.45, 7) is 3.67. The van der Waals surface area contributed by atoms with Crippen LogP contribution in [0.5, 0.6) is 0 Å². The highest BCUT2D eigenvalue weighted by molar-refractivity contribution is 9.13. The molecule has 1 amide bonds. The highest BCUT2D eigenvalue weighted by atomic mass is 79.9. The largest absolute Gasteiger partial charge is 0.394 e. The minimum absolute atomic E-state index is 0.0904. The number of aliphatic hydroxyl groups excluding tert-OH is 1. The lowest BCUT2D eigenvalue weighted by Crippen LogP contribution is -2.48. The summed E-state index contributed by atoms with van der Waals surface area (Å²) in [5, 5.41) is 13.1. The van der Waals surface area contributed by atoms with Gasteiger partial charge in [-0.3, -0.25) is 4.79 Å². The van der Waals surface area contributed by atoms with Gasteiger partial charge in [0.15, 0.2) is 0 Å². The monoisotopic (exact) mass is 402 g/mol. The number of benzene rings is 1. The van der Waals surface area contributed by atoms with Gasteiger partial charge in [-0.1, -0.05) is 6.92 Å². The molecule has 4 nitrogen and oxygen atoms in total. The molecule has 2 rings (SSSR count). The first-order chi connectivity index (χ1) is 9.40. The molecule has 3 N–H and O–H groups in total. The van der Waals surface area contributed by atoms with Crippen LogP contribution >= 0.6 is 31.9 Å². The number of fused-ring (bicyclic) bond motifs is 1. The van der Waals surface area contributed by atoms with Gasteiger partial charge < -0.3 is 15.4 Å². The normalized spacial score (nSPS) is 14.2. The van der Waals surface area contributed by atoms with Crippen LogP contribution < -0.4 is 5.32 Å². The Morgan fingerprint density at radius 2 is 2.05 bits per heavy atom. The van der Waals surface area contributed by atoms with E-state index in [2.05, 4.69) is 42.2 Å². The Bertz CT molecular complexity index is 648. The van der Waals surface area contributed by atoms with Gasteiger partial charge in [-0.15, -0.1) is 0 Å². The van der Waals surface area contributed by atoms with E-state index in [4.69, 9.17) is 0 Å². The molecular formula is C14H16Br2N2O2. The molecule has 1 heterocycles. The van der Waals surface area contributed by atoms with Crippen molar-refractivity contribution in [2.24, 2.45) is 0 Å². The molecule has 0 radical (unpaired) electrons. The Labute approximate surface area is 134 Å². The molecule has 1 unspecified atom stereocenters. The van der Waals surface area contributed by atoms with Crippen LogP contribution in [0, 0.1) is 0 Å². The third kappa shape index (κ3) is 2.92. The van der Waals surface area contributed by atoms with Gasteiger partial charge in [0.1, 0.15) is 0 Å². The predicted octanol–water partition coefficient (Wildman–Crippen LogP) is 3.58. The van der Waals surface area contributed by atoms with Crippen molar-refractivity contribution in [1.29, 1.82) is 0 Å². The third-order valence-corrected chi connectivity index (χ3v) is 5.36. The molecule has 1 atom stereocenters. The molecule has 0 aliphatic carbocycles. The fourth-order valence-corrected chi connectivity index (χ4v) is 2.57. The Kier molecular flexibility index (Phi) is 4.56. The Morgan fingerprint density at radius 3 is 2.65 bits per heavy atom. The number of H-pyrrole nitrogens is 1. The second kappa shape index (κ2) is 5.87. The maximum Gasteiger partial charge on any atom is 0.253 e. The lowest BCUT2D eigenvalue weighted by molar-refractivity contribution is 0.0849. The maximum atomic E-state index is 12.4. The van der Waals surface area contributed by atoms with Gasteiger partial charge in [-0.2, -0.15) is 0 Å². The average molecular weight is 404 g/mol. The average Bonchev–Trinajstić information content (AvgIpc) is 2.82. The zero-order valence-corrected chi connectivity index (χ0v) is 14.4. The van der Waals surface area contributed by atoms with Crippen LogP contribution in [-0.2, 0) is 0 Å². The molecule has 1 aromatic heterocycles. The van der Waals surface area contributed by atoms with Crippen LogP contribution in [-0.4, -0.2) is 28.1 Å². The summed E-state index contributed by atoms with van der Waals surface area (Å²) in [6, 6.07) is 3.81. The van der Waals surface area contributed by atoms with Gasteiger partial charge in [0.05, 0.1) is 17.7 Å². The lowest BCUT2D eigenvalue weighted by Gasteiger charge is -2.27. The van der Waals surface area contributed by atoms with E-state index in [1.807, 2.05) is 26.0 Å². The number of hydrogen-bond donors (Lipinski definition) is 3. The molecule has 0 spiro atoms. The number of rotatable bonds is 4. The van der Waals surface area contributed by atoms with Crippen LogP contribution in [0.2, 0.25) is 0 Å². The van der Waals surface area contributed by atoms with Gasteiger partial charge in [0.2, 0.25) is 0 Å². The van der Waals surface area contributed by atoms with E-state index in [0.29, 0.717) is 12.0 Å². The molecule has 20 heavy (non-hydrogen) atoms. The van der Waals surface area contributed by atoms with E-state index in [-0.39, 0.29) is 12.5 Å². The molecule has 2 aromatic rings. The van der Waals surface area contributed by atoms with Crippen molar-refractivity contribution >= 4 is 48.7 Å². The van der Waals surface area contributed by atoms with E-state index < -0.39 is 5.54 Å². The molecular weight excluding hydrogens is 388 g/mol. The third-order valence-electron chi connectivity index (χ3n) is 3.51. The standard InChI is InChI=1S/C14H16Br2N2O2/c1-3-14(2,7-19)18-13(20)9-6-17-12-5-11(16)10(15)4-8(9)12/h4-6,17,19H,3,7H2,1-2H3,(H,18,20). The van der Waals surface area contributed by atoms with Gasteiger partial charge in [0, 0.05) is 26.0 Å². The molecule has 0 fully saturated rings. The predicted molar refractivity (Wildman–Crippen MR) is 86.9 cm³/mol. The molecule has 6 heteroatoms. The minimum Gasteiger partial charge on any atom is -0.394 e. The van der Waals surface area contributed by atoms with Gasteiger partial charge in [-0.25, -0.2) is 0 Å². The fraction of sp³-hybridized carbons (Fsp3) is 0.357. The first-order valence-electron chi connectivity index (χ1n) is 6.29. The topological polar surface area (TPSA) is 65.1 Å². The minimum atomic E-state index is -0.604. The summed E-state index contributed by atoms with van der Waals surface area (Å²) in [5.41, 5.74) is 0.849. The van der Waals surface area contributed by atoms with Crippen molar-refractivity contribution in [3.8, 4) is 0 Å². The van der Waals surface area contributed by atoms with Crippen molar-refractivity contribution < 1.29 is 9.90 Å². The number of hydrogen-bond acceptors (Lipinski definition) is 2. The Balaban J connectivity index is 2.38. The molecule has 0 aliphatic heterocycles. The number of aliphatic hydroxyl groups is 1. The second-order valence-electron chi connectivity index (χ2n) is 5.04. The molecule has 0 saturated carbocycles. The molecule has 0 saturated heterocycles. The highest BCUT2D eigenvalue weighted by Crippen LogP contribution is 2.30. The zero-order valence-electron chi connectivity index (χ0n) is 11.3. The van der Waals surface area contributed by atoms with Crippen LogP contribution in [0.25, 0.3) is 10.9 Å². The summed E-state index contributed by atoms with van der Waals surface area (Å²) >= 11 is 6.87. The van der Waals surface area contributed by atoms with Crippen molar-refractivity contribution in [2.75, 3.05) is 6.61 Å². The Hall–Kier alpha value is -0.850. The van der Waals surface area contributed by atoms with Crippen molar-refractivity contribution in [3.05, 3.63) is 32.8 Å². The zero-order chi connectivity index (χ0) is 14.9. The highest BCUT2D eigenvalue weighted by Gasteiger charge is 2.25. The smallest absolute Gasteiger partial charge is 0.253 e. The second-order valence-corrected chi connectivity index (χ2v) is 6.75. The number of aromatic nitrogens is 1. The van der Waals surface area contributed by atoms with E-state index in [1.165, 1.54) is 0 Å². The van der Waals surface area contributed by atoms with Gasteiger partial charge in [-0.05, 0) is 57.3 Å². The number of halogens is 2. The summed E-state index contributed by atoms with van der Waals surface area (Å²) in [5.74, 6) is -0.191. The summed E-state index contributed by atoms with van der Waals surface area (Å²) in [6.07, 6.45) is 2.35. The molecule has 0 aliphatic rings. The summed E-state index contributed by atoms with van der Waals surface area (Å²) in [4.78, 5) is 15.5. The first-order valence-corrected chi connectivity index (χ1v) is 7.88. The molecule has 0 bridgehead atoms. The van der Waals surface area contributed by atoms with Gasteiger partial charge >= 0.3 is 0 Å². The quantitative estimate of drug-likeness (QED) is 0.730. The first kappa shape index (κ1) is 15.5. The Morgan fingerprint density at radius 1 is 1.40 bits per heavy atom. The van der Waals surface area contributed by atoms with E-state index in [1.54, 1.807) is 6.20 Å². The van der Waals surface area contributed by atoms with Crippen molar-refractivity contribution in [2.45, 2.75) is 25.8 Å². The number of carbonyl (C=O) groups excluding carboxylic acids is 1. The number of carbonyl (C=O) groups is 1. The number of amides is 1. The van der Waals surface area contributed by atoms with E-state index in [9.17, 15) is 9.90 Å². The van der Waals surface area contributed by atoms with E-state index >= 15 is 0 Å². The maximum absolute atomic E-state index is 12.4. The summed E-state index contributed by atoms with van der Waals surface area (Å²) < 4.78 is 1.81. The lowest BCUT2D eigenvalue weighted by atomic mass is 9.99. The van der Waals surface area contributed by atoms with Gasteiger partial charge in [0.25, 0.3) is 5.91 Å². The van der Waals surface area contributed by atoms with Crippen LogP contribution in [0.4, 0.5) is 0 Å². The number of aromatic amines is 1. The van der Waals surface area contributed by atoms with Crippen LogP contribution in [0.3, 0.4) is 0 Å². The summed E-state index contributed by atoms with van der Waals surface area (Å²) in [7, 11) is 0. The SMILES string of the molecule is CCC(C)(CO)NC(=O)c1c[nH]c2cc(Br)c(Br)cc12. The van der Waals surface area contributed by atoms with Crippen LogP contribution in [0.1, 0.15) is 30.6 Å². The fourth-order valence-electron chi connectivity index (χ4n) is 1.89. The molecule has 1 aromatic carbocycles. The molecule has 108 valence electrons. The van der Waals surface area contributed by atoms with Crippen molar-refractivity contribution in [1.82, 2.24) is 10.3 Å². The number of nitrogens with one attached hydrogen (secondary N) is 2. The van der Waals surface area contributed by atoms with E-state index in [0.717, 1.165) is 19.8 Å².